The Morgan fingerprint density at radius 2 is 1.54 bits per heavy atom. The van der Waals surface area contributed by atoms with Gasteiger partial charge in [0.05, 0.1) is 17.0 Å². The molecule has 0 N–H and O–H groups in total. The second kappa shape index (κ2) is 5.80. The minimum absolute atomic E-state index is 0.0878. The molecule has 2 heterocycles. The molecule has 2 aromatic carbocycles. The summed E-state index contributed by atoms with van der Waals surface area (Å²) in [5.74, 6) is -3.31. The lowest BCUT2D eigenvalue weighted by Crippen LogP contribution is -2.39. The van der Waals surface area contributed by atoms with Crippen LogP contribution >= 0.6 is 0 Å². The predicted molar refractivity (Wildman–Crippen MR) is 90.2 cm³/mol. The molecular formula is C19H14N2O5. The zero-order valence-electron chi connectivity index (χ0n) is 13.8. The molecule has 0 radical (unpaired) electrons. The summed E-state index contributed by atoms with van der Waals surface area (Å²) < 4.78 is 0. The lowest BCUT2D eigenvalue weighted by molar-refractivity contribution is -0.171. The monoisotopic (exact) mass is 350 g/mol. The number of rotatable bonds is 2. The Labute approximate surface area is 148 Å². The van der Waals surface area contributed by atoms with Gasteiger partial charge in [0.15, 0.2) is 0 Å². The molecule has 130 valence electrons. The Balaban J connectivity index is 1.62. The van der Waals surface area contributed by atoms with E-state index in [0.29, 0.717) is 16.3 Å². The molecule has 0 aromatic heterocycles. The maximum absolute atomic E-state index is 12.7. The molecule has 1 unspecified atom stereocenters. The van der Waals surface area contributed by atoms with Crippen LogP contribution in [-0.2, 0) is 14.4 Å². The number of anilines is 1. The molecule has 0 aliphatic carbocycles. The normalized spacial score (nSPS) is 18.7. The number of fused-ring (bicyclic) bond motifs is 2. The number of imide groups is 1. The van der Waals surface area contributed by atoms with Crippen LogP contribution in [0.5, 0.6) is 0 Å². The van der Waals surface area contributed by atoms with Gasteiger partial charge in [0.1, 0.15) is 0 Å². The van der Waals surface area contributed by atoms with Gasteiger partial charge in [-0.25, -0.2) is 4.79 Å². The van der Waals surface area contributed by atoms with Gasteiger partial charge in [-0.1, -0.05) is 35.4 Å². The first kappa shape index (κ1) is 16.0. The quantitative estimate of drug-likeness (QED) is 0.773. The van der Waals surface area contributed by atoms with Crippen molar-refractivity contribution in [3.05, 3.63) is 65.2 Å². The number of benzene rings is 2. The molecule has 0 bridgehead atoms. The molecule has 7 nitrogen and oxygen atoms in total. The lowest BCUT2D eigenvalue weighted by Gasteiger charge is -2.30. The fourth-order valence-corrected chi connectivity index (χ4v) is 3.26. The van der Waals surface area contributed by atoms with Gasteiger partial charge in [-0.05, 0) is 23.8 Å². The third kappa shape index (κ3) is 2.28. The third-order valence-corrected chi connectivity index (χ3v) is 4.65. The number of hydrogen-bond acceptors (Lipinski definition) is 5. The van der Waals surface area contributed by atoms with Crippen molar-refractivity contribution in [1.82, 2.24) is 5.06 Å². The molecule has 1 atom stereocenters. The Kier molecular flexibility index (Phi) is 3.57. The van der Waals surface area contributed by atoms with Crippen molar-refractivity contribution in [2.24, 2.45) is 0 Å². The number of carbonyl (C=O) groups is 4. The lowest BCUT2D eigenvalue weighted by atomic mass is 9.90. The largest absolute Gasteiger partial charge is 0.341 e. The standard InChI is InChI=1S/C19H14N2O5/c1-20-15-9-5-4-6-11(15)14(10-16(20)22)19(25)26-21-17(23)12-7-2-3-8-13(12)18(21)24/h2-9,14H,10H2,1H3. The van der Waals surface area contributed by atoms with Crippen LogP contribution in [-0.4, -0.2) is 35.8 Å². The van der Waals surface area contributed by atoms with E-state index in [-0.39, 0.29) is 23.5 Å². The van der Waals surface area contributed by atoms with Gasteiger partial charge in [0.2, 0.25) is 5.91 Å². The van der Waals surface area contributed by atoms with Crippen LogP contribution in [0.3, 0.4) is 0 Å². The summed E-state index contributed by atoms with van der Waals surface area (Å²) >= 11 is 0. The zero-order chi connectivity index (χ0) is 18.4. The van der Waals surface area contributed by atoms with Crippen molar-refractivity contribution in [2.45, 2.75) is 12.3 Å². The SMILES string of the molecule is CN1C(=O)CC(C(=O)ON2C(=O)c3ccccc3C2=O)c2ccccc21. The average Bonchev–Trinajstić information content (AvgIpc) is 2.90. The Hall–Kier alpha value is -3.48. The van der Waals surface area contributed by atoms with Crippen LogP contribution in [0.15, 0.2) is 48.5 Å². The summed E-state index contributed by atoms with van der Waals surface area (Å²) in [6.07, 6.45) is -0.0878. The Bertz CT molecular complexity index is 933. The summed E-state index contributed by atoms with van der Waals surface area (Å²) in [5.41, 5.74) is 1.60. The van der Waals surface area contributed by atoms with Crippen molar-refractivity contribution in [2.75, 3.05) is 11.9 Å². The fourth-order valence-electron chi connectivity index (χ4n) is 3.26. The van der Waals surface area contributed by atoms with Gasteiger partial charge in [0.25, 0.3) is 11.8 Å². The number of hydrogen-bond donors (Lipinski definition) is 0. The van der Waals surface area contributed by atoms with Crippen molar-refractivity contribution >= 4 is 29.4 Å². The first-order valence-electron chi connectivity index (χ1n) is 8.04. The second-order valence-corrected chi connectivity index (χ2v) is 6.13. The van der Waals surface area contributed by atoms with Gasteiger partial charge in [0, 0.05) is 19.2 Å². The number of nitrogens with zero attached hydrogens (tertiary/aromatic N) is 2. The van der Waals surface area contributed by atoms with Crippen LogP contribution in [0.4, 0.5) is 5.69 Å². The maximum Gasteiger partial charge on any atom is 0.341 e. The topological polar surface area (TPSA) is 84.0 Å². The molecule has 2 aliphatic heterocycles. The van der Waals surface area contributed by atoms with E-state index < -0.39 is 23.7 Å². The van der Waals surface area contributed by atoms with E-state index in [1.54, 1.807) is 43.4 Å². The van der Waals surface area contributed by atoms with E-state index in [9.17, 15) is 19.2 Å². The van der Waals surface area contributed by atoms with Crippen LogP contribution in [0.1, 0.15) is 38.6 Å². The van der Waals surface area contributed by atoms with Crippen LogP contribution in [0, 0.1) is 0 Å². The third-order valence-electron chi connectivity index (χ3n) is 4.65. The number of carbonyl (C=O) groups excluding carboxylic acids is 4. The molecule has 26 heavy (non-hydrogen) atoms. The molecule has 3 amide bonds. The minimum atomic E-state index is -0.876. The van der Waals surface area contributed by atoms with E-state index in [0.717, 1.165) is 0 Å². The highest BCUT2D eigenvalue weighted by Gasteiger charge is 2.42. The van der Waals surface area contributed by atoms with Crippen molar-refractivity contribution in [3.8, 4) is 0 Å². The summed E-state index contributed by atoms with van der Waals surface area (Å²) in [7, 11) is 1.63. The van der Waals surface area contributed by atoms with Gasteiger partial charge in [-0.3, -0.25) is 14.4 Å². The van der Waals surface area contributed by atoms with Crippen LogP contribution in [0.25, 0.3) is 0 Å². The number of hydroxylamine groups is 2. The predicted octanol–water partition coefficient (Wildman–Crippen LogP) is 1.89. The van der Waals surface area contributed by atoms with E-state index in [1.807, 2.05) is 0 Å². The molecule has 0 saturated carbocycles. The van der Waals surface area contributed by atoms with E-state index in [2.05, 4.69) is 0 Å². The first-order valence-corrected chi connectivity index (χ1v) is 8.04. The molecule has 0 fully saturated rings. The van der Waals surface area contributed by atoms with Crippen molar-refractivity contribution < 1.29 is 24.0 Å². The minimum Gasteiger partial charge on any atom is -0.329 e. The molecule has 2 aliphatic rings. The van der Waals surface area contributed by atoms with Gasteiger partial charge in [-0.2, -0.15) is 0 Å². The summed E-state index contributed by atoms with van der Waals surface area (Å²) in [4.78, 5) is 56.1. The maximum atomic E-state index is 12.7. The molecule has 0 spiro atoms. The summed E-state index contributed by atoms with van der Waals surface area (Å²) in [6, 6.07) is 13.2. The first-order chi connectivity index (χ1) is 12.5. The van der Waals surface area contributed by atoms with E-state index >= 15 is 0 Å². The highest BCUT2D eigenvalue weighted by Crippen LogP contribution is 2.36. The highest BCUT2D eigenvalue weighted by molar-refractivity contribution is 6.21. The second-order valence-electron chi connectivity index (χ2n) is 6.13. The number of para-hydroxylation sites is 1. The van der Waals surface area contributed by atoms with Crippen LogP contribution in [0.2, 0.25) is 0 Å². The Morgan fingerprint density at radius 1 is 0.962 bits per heavy atom. The molecule has 0 saturated heterocycles. The molecule has 7 heteroatoms. The molecule has 2 aromatic rings. The van der Waals surface area contributed by atoms with E-state index in [4.69, 9.17) is 4.84 Å². The molecule has 4 rings (SSSR count). The van der Waals surface area contributed by atoms with Gasteiger partial charge >= 0.3 is 5.97 Å². The van der Waals surface area contributed by atoms with Gasteiger partial charge in [-0.15, -0.1) is 0 Å². The smallest absolute Gasteiger partial charge is 0.329 e. The van der Waals surface area contributed by atoms with Gasteiger partial charge < -0.3 is 9.74 Å². The summed E-state index contributed by atoms with van der Waals surface area (Å²) in [6.45, 7) is 0. The number of amides is 3. The Morgan fingerprint density at radius 3 is 2.19 bits per heavy atom. The zero-order valence-corrected chi connectivity index (χ0v) is 13.8. The van der Waals surface area contributed by atoms with Crippen molar-refractivity contribution in [1.29, 1.82) is 0 Å². The van der Waals surface area contributed by atoms with Crippen molar-refractivity contribution in [3.63, 3.8) is 0 Å². The van der Waals surface area contributed by atoms with E-state index in [1.165, 1.54) is 17.0 Å². The fraction of sp³-hybridized carbons (Fsp3) is 0.158. The molecular weight excluding hydrogens is 336 g/mol. The average molecular weight is 350 g/mol. The van der Waals surface area contributed by atoms with Crippen LogP contribution < -0.4 is 4.90 Å². The highest BCUT2D eigenvalue weighted by atomic mass is 16.7. The summed E-state index contributed by atoms with van der Waals surface area (Å²) in [5, 5.41) is 0.471.